The van der Waals surface area contributed by atoms with E-state index in [-0.39, 0.29) is 5.82 Å². The maximum absolute atomic E-state index is 13.2. The summed E-state index contributed by atoms with van der Waals surface area (Å²) < 4.78 is 24.9. The van der Waals surface area contributed by atoms with Crippen LogP contribution in [0.3, 0.4) is 0 Å². The van der Waals surface area contributed by atoms with Gasteiger partial charge in [-0.2, -0.15) is 0 Å². The maximum atomic E-state index is 13.2. The lowest BCUT2D eigenvalue weighted by Crippen LogP contribution is -2.13. The predicted octanol–water partition coefficient (Wildman–Crippen LogP) is 2.19. The molecule has 1 rings (SSSR count). The fourth-order valence-corrected chi connectivity index (χ4v) is 2.27. The summed E-state index contributed by atoms with van der Waals surface area (Å²) in [6.07, 6.45) is 0. The van der Waals surface area contributed by atoms with Crippen LogP contribution in [0.4, 0.5) is 15.8 Å². The summed E-state index contributed by atoms with van der Waals surface area (Å²) >= 11 is 1.89. The van der Waals surface area contributed by atoms with Crippen molar-refractivity contribution in [1.29, 1.82) is 0 Å². The van der Waals surface area contributed by atoms with E-state index in [9.17, 15) is 8.60 Å². The molecule has 0 aliphatic rings. The number of nitrogens with one attached hydrogen (secondary N) is 1. The first-order chi connectivity index (χ1) is 7.54. The van der Waals surface area contributed by atoms with Crippen molar-refractivity contribution in [2.45, 2.75) is 6.92 Å². The second-order valence-corrected chi connectivity index (χ2v) is 6.24. The van der Waals surface area contributed by atoms with Gasteiger partial charge in [0, 0.05) is 34.9 Å². The number of anilines is 2. The molecule has 6 heteroatoms. The Morgan fingerprint density at radius 2 is 2.25 bits per heavy atom. The highest BCUT2D eigenvalue weighted by atomic mass is 127. The molecule has 1 atom stereocenters. The van der Waals surface area contributed by atoms with Gasteiger partial charge < -0.3 is 11.1 Å². The second kappa shape index (κ2) is 6.39. The second-order valence-electron chi connectivity index (χ2n) is 3.21. The lowest BCUT2D eigenvalue weighted by molar-refractivity contribution is 0.621. The van der Waals surface area contributed by atoms with Gasteiger partial charge in [-0.1, -0.05) is 6.92 Å². The molecule has 0 radical (unpaired) electrons. The molecule has 0 bridgehead atoms. The van der Waals surface area contributed by atoms with Crippen LogP contribution in [-0.4, -0.2) is 22.3 Å². The van der Waals surface area contributed by atoms with Gasteiger partial charge >= 0.3 is 0 Å². The molecule has 3 N–H and O–H groups in total. The SMILES string of the molecule is CCS(=O)CCNc1cc(F)c(I)cc1N. The summed E-state index contributed by atoms with van der Waals surface area (Å²) in [5.41, 5.74) is 6.80. The van der Waals surface area contributed by atoms with Gasteiger partial charge in [0.15, 0.2) is 0 Å². The van der Waals surface area contributed by atoms with Crippen molar-refractivity contribution in [3.63, 3.8) is 0 Å². The van der Waals surface area contributed by atoms with Gasteiger partial charge in [0.05, 0.1) is 14.9 Å². The minimum atomic E-state index is -0.816. The van der Waals surface area contributed by atoms with Crippen molar-refractivity contribution in [2.24, 2.45) is 0 Å². The first kappa shape index (κ1) is 13.7. The minimum Gasteiger partial charge on any atom is -0.397 e. The van der Waals surface area contributed by atoms with Crippen molar-refractivity contribution < 1.29 is 8.60 Å². The number of nitrogen functional groups attached to an aromatic ring is 1. The zero-order valence-corrected chi connectivity index (χ0v) is 11.9. The zero-order chi connectivity index (χ0) is 12.1. The van der Waals surface area contributed by atoms with E-state index in [2.05, 4.69) is 5.32 Å². The van der Waals surface area contributed by atoms with Crippen LogP contribution in [0.1, 0.15) is 6.92 Å². The predicted molar refractivity (Wildman–Crippen MR) is 75.6 cm³/mol. The standard InChI is InChI=1S/C10H14FIN2OS/c1-2-16(15)4-3-14-10-5-7(11)8(12)6-9(10)13/h5-6,14H,2-4,13H2,1H3. The van der Waals surface area contributed by atoms with E-state index in [1.807, 2.05) is 29.5 Å². The third kappa shape index (κ3) is 3.89. The van der Waals surface area contributed by atoms with Crippen molar-refractivity contribution in [3.05, 3.63) is 21.5 Å². The molecule has 0 aliphatic carbocycles. The van der Waals surface area contributed by atoms with E-state index in [1.54, 1.807) is 6.07 Å². The first-order valence-electron chi connectivity index (χ1n) is 4.88. The zero-order valence-electron chi connectivity index (χ0n) is 8.93. The van der Waals surface area contributed by atoms with Crippen LogP contribution in [0.25, 0.3) is 0 Å². The van der Waals surface area contributed by atoms with Crippen molar-refractivity contribution in [3.8, 4) is 0 Å². The van der Waals surface area contributed by atoms with Crippen LogP contribution in [0.15, 0.2) is 12.1 Å². The molecule has 0 saturated heterocycles. The summed E-state index contributed by atoms with van der Waals surface area (Å²) in [5.74, 6) is 0.885. The fraction of sp³-hybridized carbons (Fsp3) is 0.400. The van der Waals surface area contributed by atoms with E-state index >= 15 is 0 Å². The summed E-state index contributed by atoms with van der Waals surface area (Å²) in [5, 5.41) is 2.98. The van der Waals surface area contributed by atoms with E-state index in [1.165, 1.54) is 6.07 Å². The van der Waals surface area contributed by atoms with Crippen LogP contribution >= 0.6 is 22.6 Å². The summed E-state index contributed by atoms with van der Waals surface area (Å²) in [7, 11) is -0.816. The Hall–Kier alpha value is -0.370. The molecule has 0 heterocycles. The van der Waals surface area contributed by atoms with Crippen LogP contribution in [0, 0.1) is 9.39 Å². The third-order valence-electron chi connectivity index (χ3n) is 2.06. The van der Waals surface area contributed by atoms with E-state index in [4.69, 9.17) is 5.73 Å². The monoisotopic (exact) mass is 356 g/mol. The van der Waals surface area contributed by atoms with Gasteiger partial charge in [-0.15, -0.1) is 0 Å². The van der Waals surface area contributed by atoms with E-state index in [0.717, 1.165) is 0 Å². The van der Waals surface area contributed by atoms with Gasteiger partial charge in [0.25, 0.3) is 0 Å². The summed E-state index contributed by atoms with van der Waals surface area (Å²) in [6, 6.07) is 2.95. The highest BCUT2D eigenvalue weighted by Crippen LogP contribution is 2.23. The molecular weight excluding hydrogens is 342 g/mol. The number of hydrogen-bond donors (Lipinski definition) is 2. The molecule has 0 aliphatic heterocycles. The van der Waals surface area contributed by atoms with Crippen molar-refractivity contribution in [2.75, 3.05) is 29.1 Å². The quantitative estimate of drug-likeness (QED) is 0.628. The van der Waals surface area contributed by atoms with Gasteiger partial charge in [-0.05, 0) is 28.7 Å². The Kier molecular flexibility index (Phi) is 5.47. The number of benzene rings is 1. The third-order valence-corrected chi connectivity index (χ3v) is 4.19. The minimum absolute atomic E-state index is 0.297. The fourth-order valence-electron chi connectivity index (χ4n) is 1.16. The highest BCUT2D eigenvalue weighted by Gasteiger charge is 2.05. The van der Waals surface area contributed by atoms with Gasteiger partial charge in [-0.25, -0.2) is 4.39 Å². The van der Waals surface area contributed by atoms with Gasteiger partial charge in [0.2, 0.25) is 0 Å². The molecule has 0 saturated carbocycles. The number of nitrogens with two attached hydrogens (primary N) is 1. The van der Waals surface area contributed by atoms with Crippen LogP contribution < -0.4 is 11.1 Å². The van der Waals surface area contributed by atoms with Crippen LogP contribution in [0.2, 0.25) is 0 Å². The number of hydrogen-bond acceptors (Lipinski definition) is 3. The first-order valence-corrected chi connectivity index (χ1v) is 7.44. The van der Waals surface area contributed by atoms with Gasteiger partial charge in [0.1, 0.15) is 5.82 Å². The largest absolute Gasteiger partial charge is 0.397 e. The molecule has 16 heavy (non-hydrogen) atoms. The van der Waals surface area contributed by atoms with Gasteiger partial charge in [-0.3, -0.25) is 4.21 Å². The van der Waals surface area contributed by atoms with Crippen LogP contribution in [0.5, 0.6) is 0 Å². The molecule has 90 valence electrons. The number of rotatable bonds is 5. The highest BCUT2D eigenvalue weighted by molar-refractivity contribution is 14.1. The van der Waals surface area contributed by atoms with E-state index in [0.29, 0.717) is 33.0 Å². The van der Waals surface area contributed by atoms with Crippen molar-refractivity contribution >= 4 is 44.8 Å². The Morgan fingerprint density at radius 1 is 1.56 bits per heavy atom. The Labute approximate surface area is 111 Å². The molecule has 0 amide bonds. The molecule has 3 nitrogen and oxygen atoms in total. The average molecular weight is 356 g/mol. The number of halogens is 2. The lowest BCUT2D eigenvalue weighted by Gasteiger charge is -2.09. The Bertz CT molecular complexity index is 401. The Morgan fingerprint density at radius 3 is 2.88 bits per heavy atom. The Balaban J connectivity index is 2.60. The molecule has 0 spiro atoms. The van der Waals surface area contributed by atoms with Crippen LogP contribution in [-0.2, 0) is 10.8 Å². The van der Waals surface area contributed by atoms with E-state index < -0.39 is 10.8 Å². The molecule has 1 aromatic rings. The molecule has 0 fully saturated rings. The normalized spacial score (nSPS) is 12.4. The lowest BCUT2D eigenvalue weighted by atomic mass is 10.2. The maximum Gasteiger partial charge on any atom is 0.138 e. The molecular formula is C10H14FIN2OS. The molecule has 0 aromatic heterocycles. The molecule has 1 unspecified atom stereocenters. The average Bonchev–Trinajstić information content (AvgIpc) is 2.25. The summed E-state index contributed by atoms with van der Waals surface area (Å²) in [6.45, 7) is 2.40. The molecule has 1 aromatic carbocycles. The summed E-state index contributed by atoms with van der Waals surface area (Å²) in [4.78, 5) is 0. The van der Waals surface area contributed by atoms with Crippen molar-refractivity contribution in [1.82, 2.24) is 0 Å². The smallest absolute Gasteiger partial charge is 0.138 e. The topological polar surface area (TPSA) is 55.1 Å².